The van der Waals surface area contributed by atoms with Crippen LogP contribution < -0.4 is 11.5 Å². The summed E-state index contributed by atoms with van der Waals surface area (Å²) in [5.74, 6) is -0.223. The van der Waals surface area contributed by atoms with Crippen molar-refractivity contribution in [2.45, 2.75) is 25.3 Å². The molecule has 2 rings (SSSR count). The van der Waals surface area contributed by atoms with Crippen LogP contribution >= 0.6 is 12.2 Å². The van der Waals surface area contributed by atoms with E-state index >= 15 is 0 Å². The number of ketones is 1. The Kier molecular flexibility index (Phi) is 5.03. The van der Waals surface area contributed by atoms with Gasteiger partial charge in [0.25, 0.3) is 0 Å². The fourth-order valence-corrected chi connectivity index (χ4v) is 2.75. The summed E-state index contributed by atoms with van der Waals surface area (Å²) in [6.45, 7) is 0.529. The first kappa shape index (κ1) is 15.6. The highest BCUT2D eigenvalue weighted by atomic mass is 32.1. The number of Topliss-reactive ketones (excluding diaryl/α,β-unsaturated/α-hetero) is 1. The number of piperidine rings is 1. The fraction of sp³-hybridized carbons (Fsp3) is 0.400. The third-order valence-electron chi connectivity index (χ3n) is 3.75. The molecule has 4 N–H and O–H groups in total. The summed E-state index contributed by atoms with van der Waals surface area (Å²) in [7, 11) is 0. The van der Waals surface area contributed by atoms with Gasteiger partial charge in [0, 0.05) is 17.7 Å². The lowest BCUT2D eigenvalue weighted by atomic mass is 9.94. The van der Waals surface area contributed by atoms with Crippen LogP contribution in [0, 0.1) is 0 Å². The lowest BCUT2D eigenvalue weighted by Crippen LogP contribution is -2.50. The number of hydrogen-bond acceptors (Lipinski definition) is 4. The van der Waals surface area contributed by atoms with Gasteiger partial charge >= 0.3 is 0 Å². The predicted molar refractivity (Wildman–Crippen MR) is 85.1 cm³/mol. The number of nitrogens with zero attached hydrogens (tertiary/aromatic N) is 1. The number of thiocarbonyl (C=S) groups is 1. The largest absolute Gasteiger partial charge is 0.389 e. The van der Waals surface area contributed by atoms with Crippen molar-refractivity contribution in [1.29, 1.82) is 0 Å². The van der Waals surface area contributed by atoms with Gasteiger partial charge in [-0.15, -0.1) is 0 Å². The Morgan fingerprint density at radius 1 is 1.19 bits per heavy atom. The van der Waals surface area contributed by atoms with E-state index < -0.39 is 6.04 Å². The molecule has 112 valence electrons. The molecular formula is C15H19N3O2S. The van der Waals surface area contributed by atoms with Gasteiger partial charge in [0.1, 0.15) is 4.99 Å². The third kappa shape index (κ3) is 3.46. The minimum absolute atomic E-state index is 0.0500. The second-order valence-electron chi connectivity index (χ2n) is 5.11. The summed E-state index contributed by atoms with van der Waals surface area (Å²) in [4.78, 5) is 26.4. The second-order valence-corrected chi connectivity index (χ2v) is 5.55. The van der Waals surface area contributed by atoms with Gasteiger partial charge < -0.3 is 16.4 Å². The van der Waals surface area contributed by atoms with E-state index in [0.29, 0.717) is 23.5 Å². The van der Waals surface area contributed by atoms with Crippen molar-refractivity contribution in [1.82, 2.24) is 4.90 Å². The number of likely N-dealkylation sites (tertiary alicyclic amines) is 1. The molecule has 0 spiro atoms. The third-order valence-corrected chi connectivity index (χ3v) is 3.99. The number of rotatable bonds is 4. The summed E-state index contributed by atoms with van der Waals surface area (Å²) >= 11 is 4.89. The average Bonchev–Trinajstić information content (AvgIpc) is 2.53. The van der Waals surface area contributed by atoms with Crippen LogP contribution in [-0.4, -0.2) is 40.7 Å². The molecule has 5 nitrogen and oxygen atoms in total. The molecule has 0 saturated carbocycles. The molecule has 0 bridgehead atoms. The maximum atomic E-state index is 12.6. The molecule has 0 radical (unpaired) electrons. The van der Waals surface area contributed by atoms with Crippen LogP contribution in [0.1, 0.15) is 35.2 Å². The molecule has 1 saturated heterocycles. The van der Waals surface area contributed by atoms with E-state index in [9.17, 15) is 9.59 Å². The van der Waals surface area contributed by atoms with Gasteiger partial charge in [-0.2, -0.15) is 0 Å². The maximum Gasteiger partial charge on any atom is 0.236 e. The first-order valence-electron chi connectivity index (χ1n) is 6.98. The van der Waals surface area contributed by atoms with Gasteiger partial charge in [-0.1, -0.05) is 36.5 Å². The number of amides is 1. The molecule has 1 fully saturated rings. The van der Waals surface area contributed by atoms with E-state index in [4.69, 9.17) is 23.7 Å². The molecule has 0 aromatic heterocycles. The van der Waals surface area contributed by atoms with Gasteiger partial charge in [-0.05, 0) is 19.3 Å². The zero-order chi connectivity index (χ0) is 15.4. The van der Waals surface area contributed by atoms with Crippen molar-refractivity contribution in [2.24, 2.45) is 11.5 Å². The highest BCUT2D eigenvalue weighted by Crippen LogP contribution is 2.21. The molecule has 1 atom stereocenters. The molecular weight excluding hydrogens is 286 g/mol. The first-order chi connectivity index (χ1) is 10.0. The highest BCUT2D eigenvalue weighted by molar-refractivity contribution is 7.80. The van der Waals surface area contributed by atoms with Gasteiger partial charge in [-0.3, -0.25) is 9.59 Å². The number of benzene rings is 1. The van der Waals surface area contributed by atoms with Crippen LogP contribution in [-0.2, 0) is 4.79 Å². The van der Waals surface area contributed by atoms with E-state index in [-0.39, 0.29) is 18.2 Å². The SMILES string of the molecule is NCC(=O)N1CCCCC1C(=O)c1ccc(C(N)=S)cc1. The molecule has 0 aliphatic carbocycles. The lowest BCUT2D eigenvalue weighted by molar-refractivity contribution is -0.132. The molecule has 6 heteroatoms. The molecule has 1 aliphatic rings. The van der Waals surface area contributed by atoms with E-state index in [1.807, 2.05) is 0 Å². The smallest absolute Gasteiger partial charge is 0.236 e. The van der Waals surface area contributed by atoms with Gasteiger partial charge in [-0.25, -0.2) is 0 Å². The molecule has 1 heterocycles. The quantitative estimate of drug-likeness (QED) is 0.635. The minimum Gasteiger partial charge on any atom is -0.389 e. The first-order valence-corrected chi connectivity index (χ1v) is 7.39. The average molecular weight is 305 g/mol. The topological polar surface area (TPSA) is 89.4 Å². The molecule has 1 unspecified atom stereocenters. The van der Waals surface area contributed by atoms with Crippen molar-refractivity contribution < 1.29 is 9.59 Å². The summed E-state index contributed by atoms with van der Waals surface area (Å²) in [5.41, 5.74) is 12.3. The Labute approximate surface area is 129 Å². The molecule has 1 aromatic carbocycles. The minimum atomic E-state index is -0.412. The summed E-state index contributed by atoms with van der Waals surface area (Å²) in [6.07, 6.45) is 2.53. The predicted octanol–water partition coefficient (Wildman–Crippen LogP) is 0.843. The van der Waals surface area contributed by atoms with Crippen LogP contribution in [0.15, 0.2) is 24.3 Å². The monoisotopic (exact) mass is 305 g/mol. The zero-order valence-electron chi connectivity index (χ0n) is 11.7. The Morgan fingerprint density at radius 2 is 1.81 bits per heavy atom. The fourth-order valence-electron chi connectivity index (χ4n) is 2.61. The van der Waals surface area contributed by atoms with Gasteiger partial charge in [0.2, 0.25) is 5.91 Å². The summed E-state index contributed by atoms with van der Waals surface area (Å²) < 4.78 is 0. The Morgan fingerprint density at radius 3 is 2.38 bits per heavy atom. The summed E-state index contributed by atoms with van der Waals surface area (Å²) in [6, 6.07) is 6.46. The zero-order valence-corrected chi connectivity index (χ0v) is 12.6. The highest BCUT2D eigenvalue weighted by Gasteiger charge is 2.31. The van der Waals surface area contributed by atoms with Crippen LogP contribution in [0.5, 0.6) is 0 Å². The molecule has 1 aliphatic heterocycles. The number of carbonyl (C=O) groups excluding carboxylic acids is 2. The van der Waals surface area contributed by atoms with Crippen molar-refractivity contribution in [2.75, 3.05) is 13.1 Å². The van der Waals surface area contributed by atoms with Crippen molar-refractivity contribution in [3.8, 4) is 0 Å². The van der Waals surface area contributed by atoms with Crippen LogP contribution in [0.4, 0.5) is 0 Å². The maximum absolute atomic E-state index is 12.6. The number of nitrogens with two attached hydrogens (primary N) is 2. The second kappa shape index (κ2) is 6.78. The Hall–Kier alpha value is -1.79. The normalized spacial score (nSPS) is 18.3. The van der Waals surface area contributed by atoms with Crippen LogP contribution in [0.3, 0.4) is 0 Å². The van der Waals surface area contributed by atoms with E-state index in [1.165, 1.54) is 0 Å². The van der Waals surface area contributed by atoms with Crippen LogP contribution in [0.2, 0.25) is 0 Å². The molecule has 21 heavy (non-hydrogen) atoms. The van der Waals surface area contributed by atoms with Crippen molar-refractivity contribution in [3.05, 3.63) is 35.4 Å². The van der Waals surface area contributed by atoms with Crippen LogP contribution in [0.25, 0.3) is 0 Å². The summed E-state index contributed by atoms with van der Waals surface area (Å²) in [5, 5.41) is 0. The van der Waals surface area contributed by atoms with E-state index in [0.717, 1.165) is 18.4 Å². The standard InChI is InChI=1S/C15H19N3O2S/c16-9-13(19)18-8-2-1-3-12(18)14(20)10-4-6-11(7-5-10)15(17)21/h4-7,12H,1-3,8-9,16H2,(H2,17,21). The van der Waals surface area contributed by atoms with E-state index in [2.05, 4.69) is 0 Å². The number of carbonyl (C=O) groups is 2. The molecule has 1 aromatic rings. The van der Waals surface area contributed by atoms with Gasteiger partial charge in [0.15, 0.2) is 5.78 Å². The lowest BCUT2D eigenvalue weighted by Gasteiger charge is -2.34. The molecule has 1 amide bonds. The van der Waals surface area contributed by atoms with Crippen molar-refractivity contribution >= 4 is 28.9 Å². The number of hydrogen-bond donors (Lipinski definition) is 2. The van der Waals surface area contributed by atoms with Gasteiger partial charge in [0.05, 0.1) is 12.6 Å². The Balaban J connectivity index is 2.20. The Bertz CT molecular complexity index is 557. The van der Waals surface area contributed by atoms with E-state index in [1.54, 1.807) is 29.2 Å². The van der Waals surface area contributed by atoms with Crippen molar-refractivity contribution in [3.63, 3.8) is 0 Å².